The van der Waals surface area contributed by atoms with Crippen molar-refractivity contribution in [3.05, 3.63) is 41.2 Å². The van der Waals surface area contributed by atoms with Crippen molar-refractivity contribution in [2.24, 2.45) is 0 Å². The average Bonchev–Trinajstić information content (AvgIpc) is 2.75. The zero-order valence-corrected chi connectivity index (χ0v) is 10.2. The summed E-state index contributed by atoms with van der Waals surface area (Å²) < 4.78 is 1.74. The van der Waals surface area contributed by atoms with E-state index in [0.717, 1.165) is 23.4 Å². The van der Waals surface area contributed by atoms with Gasteiger partial charge in [0.25, 0.3) is 0 Å². The molecule has 1 aromatic carbocycles. The summed E-state index contributed by atoms with van der Waals surface area (Å²) in [6.45, 7) is 2.47. The van der Waals surface area contributed by atoms with E-state index in [-0.39, 0.29) is 12.2 Å². The van der Waals surface area contributed by atoms with Gasteiger partial charge in [-0.15, -0.1) is 5.10 Å². The van der Waals surface area contributed by atoms with Crippen LogP contribution in [0.5, 0.6) is 5.75 Å². The molecule has 1 heterocycles. The molecule has 0 saturated heterocycles. The number of para-hydroxylation sites is 1. The Kier molecular flexibility index (Phi) is 3.58. The van der Waals surface area contributed by atoms with Gasteiger partial charge in [0.1, 0.15) is 5.75 Å². The van der Waals surface area contributed by atoms with Crippen molar-refractivity contribution in [1.29, 1.82) is 5.26 Å². The van der Waals surface area contributed by atoms with Gasteiger partial charge in [-0.25, -0.2) is 4.68 Å². The number of nitrogens with zero attached hydrogens (tertiary/aromatic N) is 4. The van der Waals surface area contributed by atoms with E-state index in [2.05, 4.69) is 16.4 Å². The van der Waals surface area contributed by atoms with Crippen molar-refractivity contribution in [2.45, 2.75) is 26.3 Å². The summed E-state index contributed by atoms with van der Waals surface area (Å²) in [5.41, 5.74) is 2.45. The van der Waals surface area contributed by atoms with Gasteiger partial charge in [0.05, 0.1) is 30.4 Å². The van der Waals surface area contributed by atoms with Gasteiger partial charge in [-0.3, -0.25) is 0 Å². The second-order valence-electron chi connectivity index (χ2n) is 3.96. The topological polar surface area (TPSA) is 74.7 Å². The lowest BCUT2D eigenvalue weighted by atomic mass is 10.2. The molecule has 0 amide bonds. The SMILES string of the molecule is CCc1c(CC#N)nnn1Cc1ccccc1O. The van der Waals surface area contributed by atoms with Crippen LogP contribution in [-0.2, 0) is 19.4 Å². The Morgan fingerprint density at radius 3 is 2.83 bits per heavy atom. The first-order valence-corrected chi connectivity index (χ1v) is 5.81. The monoisotopic (exact) mass is 242 g/mol. The maximum atomic E-state index is 9.73. The van der Waals surface area contributed by atoms with E-state index in [1.165, 1.54) is 0 Å². The highest BCUT2D eigenvalue weighted by Crippen LogP contribution is 2.18. The predicted octanol–water partition coefficient (Wildman–Crippen LogP) is 1.66. The quantitative estimate of drug-likeness (QED) is 0.884. The summed E-state index contributed by atoms with van der Waals surface area (Å²) in [5, 5.41) is 26.5. The maximum Gasteiger partial charge on any atom is 0.120 e. The van der Waals surface area contributed by atoms with E-state index in [9.17, 15) is 5.11 Å². The van der Waals surface area contributed by atoms with Crippen LogP contribution in [0.4, 0.5) is 0 Å². The van der Waals surface area contributed by atoms with E-state index >= 15 is 0 Å². The molecule has 0 saturated carbocycles. The molecule has 0 atom stereocenters. The van der Waals surface area contributed by atoms with Crippen LogP contribution in [0.15, 0.2) is 24.3 Å². The van der Waals surface area contributed by atoms with Gasteiger partial charge in [0.2, 0.25) is 0 Å². The third-order valence-corrected chi connectivity index (χ3v) is 2.81. The summed E-state index contributed by atoms with van der Waals surface area (Å²) in [5.74, 6) is 0.247. The molecule has 1 N–H and O–H groups in total. The van der Waals surface area contributed by atoms with E-state index in [1.807, 2.05) is 19.1 Å². The summed E-state index contributed by atoms with van der Waals surface area (Å²) in [6, 6.07) is 9.23. The van der Waals surface area contributed by atoms with Gasteiger partial charge in [-0.05, 0) is 12.5 Å². The highest BCUT2D eigenvalue weighted by atomic mass is 16.3. The maximum absolute atomic E-state index is 9.73. The molecular weight excluding hydrogens is 228 g/mol. The van der Waals surface area contributed by atoms with Crippen LogP contribution in [0, 0.1) is 11.3 Å². The molecular formula is C13H14N4O. The van der Waals surface area contributed by atoms with Gasteiger partial charge >= 0.3 is 0 Å². The lowest BCUT2D eigenvalue weighted by Crippen LogP contribution is -2.06. The molecule has 0 aliphatic rings. The van der Waals surface area contributed by atoms with Crippen LogP contribution in [0.3, 0.4) is 0 Å². The zero-order chi connectivity index (χ0) is 13.0. The number of nitriles is 1. The van der Waals surface area contributed by atoms with Crippen molar-refractivity contribution in [3.8, 4) is 11.8 Å². The Balaban J connectivity index is 2.30. The number of phenolic OH excluding ortho intramolecular Hbond substituents is 1. The normalized spacial score (nSPS) is 10.2. The van der Waals surface area contributed by atoms with Crippen molar-refractivity contribution < 1.29 is 5.11 Å². The van der Waals surface area contributed by atoms with Gasteiger partial charge in [0.15, 0.2) is 0 Å². The second-order valence-corrected chi connectivity index (χ2v) is 3.96. The molecule has 5 heteroatoms. The number of hydrogen-bond donors (Lipinski definition) is 1. The summed E-state index contributed by atoms with van der Waals surface area (Å²) in [6.07, 6.45) is 1.03. The van der Waals surface area contributed by atoms with Gasteiger partial charge in [-0.2, -0.15) is 5.26 Å². The van der Waals surface area contributed by atoms with E-state index in [1.54, 1.807) is 16.8 Å². The standard InChI is InChI=1S/C13H14N4O/c1-2-12-11(7-8-14)15-16-17(12)9-10-5-3-4-6-13(10)18/h3-6,18H,2,7,9H2,1H3. The molecule has 0 fully saturated rings. The number of benzene rings is 1. The van der Waals surface area contributed by atoms with Crippen LogP contribution < -0.4 is 0 Å². The summed E-state index contributed by atoms with van der Waals surface area (Å²) >= 11 is 0. The lowest BCUT2D eigenvalue weighted by molar-refractivity contribution is 0.462. The fourth-order valence-corrected chi connectivity index (χ4v) is 1.90. The molecule has 1 aromatic heterocycles. The molecule has 18 heavy (non-hydrogen) atoms. The first-order chi connectivity index (χ1) is 8.76. The third kappa shape index (κ3) is 2.33. The van der Waals surface area contributed by atoms with Crippen LogP contribution in [0.2, 0.25) is 0 Å². The van der Waals surface area contributed by atoms with Crippen molar-refractivity contribution in [3.63, 3.8) is 0 Å². The number of rotatable bonds is 4. The fourth-order valence-electron chi connectivity index (χ4n) is 1.90. The molecule has 2 aromatic rings. The largest absolute Gasteiger partial charge is 0.508 e. The van der Waals surface area contributed by atoms with Crippen LogP contribution in [0.1, 0.15) is 23.9 Å². The Morgan fingerprint density at radius 2 is 2.17 bits per heavy atom. The highest BCUT2D eigenvalue weighted by Gasteiger charge is 2.12. The number of aromatic nitrogens is 3. The highest BCUT2D eigenvalue weighted by molar-refractivity contribution is 5.32. The van der Waals surface area contributed by atoms with Crippen molar-refractivity contribution in [2.75, 3.05) is 0 Å². The molecule has 0 radical (unpaired) electrons. The van der Waals surface area contributed by atoms with Crippen LogP contribution >= 0.6 is 0 Å². The first-order valence-electron chi connectivity index (χ1n) is 5.81. The first kappa shape index (κ1) is 12.1. The molecule has 92 valence electrons. The molecule has 5 nitrogen and oxygen atoms in total. The smallest absolute Gasteiger partial charge is 0.120 e. The fraction of sp³-hybridized carbons (Fsp3) is 0.308. The Hall–Kier alpha value is -2.35. The Bertz CT molecular complexity index is 583. The molecule has 0 aliphatic carbocycles. The van der Waals surface area contributed by atoms with Gasteiger partial charge in [0, 0.05) is 5.56 Å². The minimum Gasteiger partial charge on any atom is -0.508 e. The van der Waals surface area contributed by atoms with Crippen molar-refractivity contribution >= 4 is 0 Å². The van der Waals surface area contributed by atoms with E-state index < -0.39 is 0 Å². The van der Waals surface area contributed by atoms with Crippen LogP contribution in [0.25, 0.3) is 0 Å². The van der Waals surface area contributed by atoms with Gasteiger partial charge in [-0.1, -0.05) is 30.3 Å². The number of hydrogen-bond acceptors (Lipinski definition) is 4. The molecule has 0 spiro atoms. The minimum atomic E-state index is 0.247. The second kappa shape index (κ2) is 5.32. The van der Waals surface area contributed by atoms with Crippen LogP contribution in [-0.4, -0.2) is 20.1 Å². The summed E-state index contributed by atoms with van der Waals surface area (Å²) in [7, 11) is 0. The molecule has 0 aliphatic heterocycles. The predicted molar refractivity (Wildman–Crippen MR) is 65.9 cm³/mol. The zero-order valence-electron chi connectivity index (χ0n) is 10.2. The van der Waals surface area contributed by atoms with E-state index in [4.69, 9.17) is 5.26 Å². The minimum absolute atomic E-state index is 0.247. The van der Waals surface area contributed by atoms with Gasteiger partial charge < -0.3 is 5.11 Å². The van der Waals surface area contributed by atoms with Crippen molar-refractivity contribution in [1.82, 2.24) is 15.0 Å². The molecule has 2 rings (SSSR count). The Morgan fingerprint density at radius 1 is 1.39 bits per heavy atom. The number of aromatic hydroxyl groups is 1. The van der Waals surface area contributed by atoms with E-state index in [0.29, 0.717) is 6.54 Å². The Labute approximate surface area is 105 Å². The molecule has 0 unspecified atom stereocenters. The average molecular weight is 242 g/mol. The summed E-state index contributed by atoms with van der Waals surface area (Å²) in [4.78, 5) is 0. The number of phenols is 1. The molecule has 0 bridgehead atoms. The third-order valence-electron chi connectivity index (χ3n) is 2.81. The lowest BCUT2D eigenvalue weighted by Gasteiger charge is -2.07.